The zero-order valence-electron chi connectivity index (χ0n) is 11.6. The molecule has 5 nitrogen and oxygen atoms in total. The van der Waals surface area contributed by atoms with Crippen LogP contribution in [0, 0.1) is 0 Å². The van der Waals surface area contributed by atoms with Gasteiger partial charge in [-0.2, -0.15) is 4.37 Å². The standard InChI is InChI=1S/C14H18N4OS/c1-3-18(9-10-7-5-4-6-8-10)14-11(13(19)16-2)12(15)17-20-14/h4-8H,3,9H2,1-2H3,(H2,15,17)(H,16,19). The lowest BCUT2D eigenvalue weighted by Crippen LogP contribution is -2.26. The van der Waals surface area contributed by atoms with Gasteiger partial charge in [-0.1, -0.05) is 30.3 Å². The van der Waals surface area contributed by atoms with Crippen LogP contribution >= 0.6 is 11.5 Å². The van der Waals surface area contributed by atoms with E-state index < -0.39 is 0 Å². The number of aromatic nitrogens is 1. The van der Waals surface area contributed by atoms with Crippen LogP contribution < -0.4 is 16.0 Å². The second-order valence-corrected chi connectivity index (χ2v) is 5.08. The van der Waals surface area contributed by atoms with E-state index in [1.807, 2.05) is 25.1 Å². The second kappa shape index (κ2) is 6.38. The van der Waals surface area contributed by atoms with Crippen LogP contribution in [-0.2, 0) is 6.54 Å². The summed E-state index contributed by atoms with van der Waals surface area (Å²) in [5.41, 5.74) is 7.47. The van der Waals surface area contributed by atoms with Gasteiger partial charge in [0.15, 0.2) is 5.82 Å². The maximum atomic E-state index is 11.9. The van der Waals surface area contributed by atoms with Gasteiger partial charge in [-0.05, 0) is 24.0 Å². The quantitative estimate of drug-likeness (QED) is 0.884. The van der Waals surface area contributed by atoms with E-state index in [0.717, 1.165) is 18.1 Å². The van der Waals surface area contributed by atoms with Crippen LogP contribution in [0.1, 0.15) is 22.8 Å². The van der Waals surface area contributed by atoms with Crippen LogP contribution in [0.3, 0.4) is 0 Å². The molecule has 6 heteroatoms. The van der Waals surface area contributed by atoms with Gasteiger partial charge in [-0.3, -0.25) is 4.79 Å². The van der Waals surface area contributed by atoms with Crippen molar-refractivity contribution in [1.29, 1.82) is 0 Å². The summed E-state index contributed by atoms with van der Waals surface area (Å²) >= 11 is 1.26. The Morgan fingerprint density at radius 1 is 1.40 bits per heavy atom. The number of carbonyl (C=O) groups is 1. The average molecular weight is 290 g/mol. The zero-order chi connectivity index (χ0) is 14.5. The smallest absolute Gasteiger partial charge is 0.257 e. The highest BCUT2D eigenvalue weighted by Crippen LogP contribution is 2.31. The van der Waals surface area contributed by atoms with E-state index in [2.05, 4.69) is 26.7 Å². The van der Waals surface area contributed by atoms with Gasteiger partial charge in [0.1, 0.15) is 10.6 Å². The van der Waals surface area contributed by atoms with Crippen molar-refractivity contribution in [2.75, 3.05) is 24.2 Å². The normalized spacial score (nSPS) is 10.3. The zero-order valence-corrected chi connectivity index (χ0v) is 12.4. The molecular formula is C14H18N4OS. The van der Waals surface area contributed by atoms with E-state index >= 15 is 0 Å². The molecule has 0 fully saturated rings. The molecule has 0 bridgehead atoms. The summed E-state index contributed by atoms with van der Waals surface area (Å²) in [6, 6.07) is 10.1. The molecule has 0 spiro atoms. The van der Waals surface area contributed by atoms with Crippen molar-refractivity contribution < 1.29 is 4.79 Å². The summed E-state index contributed by atoms with van der Waals surface area (Å²) in [6.45, 7) is 3.55. The Balaban J connectivity index is 2.31. The van der Waals surface area contributed by atoms with E-state index in [1.54, 1.807) is 7.05 Å². The van der Waals surface area contributed by atoms with E-state index in [4.69, 9.17) is 5.73 Å². The highest BCUT2D eigenvalue weighted by molar-refractivity contribution is 7.11. The van der Waals surface area contributed by atoms with Gasteiger partial charge in [-0.15, -0.1) is 0 Å². The Hall–Kier alpha value is -2.08. The molecule has 106 valence electrons. The number of benzene rings is 1. The number of nitrogen functional groups attached to an aromatic ring is 1. The molecule has 1 heterocycles. The molecule has 2 aromatic rings. The lowest BCUT2D eigenvalue weighted by Gasteiger charge is -2.22. The molecule has 2 rings (SSSR count). The molecule has 20 heavy (non-hydrogen) atoms. The minimum atomic E-state index is -0.197. The summed E-state index contributed by atoms with van der Waals surface area (Å²) in [4.78, 5) is 14.0. The van der Waals surface area contributed by atoms with Gasteiger partial charge in [0.2, 0.25) is 0 Å². The summed E-state index contributed by atoms with van der Waals surface area (Å²) in [7, 11) is 1.59. The number of nitrogens with one attached hydrogen (secondary N) is 1. The first kappa shape index (κ1) is 14.3. The first-order valence-corrected chi connectivity index (χ1v) is 7.20. The molecule has 0 aliphatic carbocycles. The molecule has 0 radical (unpaired) electrons. The minimum absolute atomic E-state index is 0.197. The Morgan fingerprint density at radius 2 is 2.10 bits per heavy atom. The fourth-order valence-electron chi connectivity index (χ4n) is 1.98. The van der Waals surface area contributed by atoms with Gasteiger partial charge in [0.25, 0.3) is 5.91 Å². The maximum Gasteiger partial charge on any atom is 0.257 e. The lowest BCUT2D eigenvalue weighted by molar-refractivity contribution is 0.0964. The number of carbonyl (C=O) groups excluding carboxylic acids is 1. The number of rotatable bonds is 5. The summed E-state index contributed by atoms with van der Waals surface area (Å²) in [6.07, 6.45) is 0. The number of amides is 1. The topological polar surface area (TPSA) is 71.2 Å². The molecule has 0 aliphatic rings. The third-order valence-corrected chi connectivity index (χ3v) is 3.96. The average Bonchev–Trinajstić information content (AvgIpc) is 2.86. The predicted octanol–water partition coefficient (Wildman–Crippen LogP) is 2.11. The van der Waals surface area contributed by atoms with Crippen molar-refractivity contribution in [3.05, 3.63) is 41.5 Å². The fourth-order valence-corrected chi connectivity index (χ4v) is 2.85. The minimum Gasteiger partial charge on any atom is -0.382 e. The summed E-state index contributed by atoms with van der Waals surface area (Å²) in [5, 5.41) is 3.43. The molecule has 0 aliphatic heterocycles. The number of hydrogen-bond acceptors (Lipinski definition) is 5. The van der Waals surface area contributed by atoms with Gasteiger partial charge in [0, 0.05) is 20.1 Å². The summed E-state index contributed by atoms with van der Waals surface area (Å²) < 4.78 is 4.11. The number of nitrogens with two attached hydrogens (primary N) is 1. The van der Waals surface area contributed by atoms with Crippen LogP contribution in [0.4, 0.5) is 10.8 Å². The van der Waals surface area contributed by atoms with Crippen LogP contribution in [0.2, 0.25) is 0 Å². The van der Waals surface area contributed by atoms with Crippen LogP contribution in [0.25, 0.3) is 0 Å². The van der Waals surface area contributed by atoms with Gasteiger partial charge < -0.3 is 16.0 Å². The highest BCUT2D eigenvalue weighted by Gasteiger charge is 2.22. The van der Waals surface area contributed by atoms with Gasteiger partial charge in [0.05, 0.1) is 0 Å². The molecule has 0 saturated carbocycles. The summed E-state index contributed by atoms with van der Waals surface area (Å²) in [5.74, 6) is 0.0913. The van der Waals surface area contributed by atoms with Crippen molar-refractivity contribution in [1.82, 2.24) is 9.69 Å². The molecule has 0 saturated heterocycles. The third-order valence-electron chi connectivity index (χ3n) is 3.04. The number of hydrogen-bond donors (Lipinski definition) is 2. The van der Waals surface area contributed by atoms with Gasteiger partial charge in [-0.25, -0.2) is 0 Å². The van der Waals surface area contributed by atoms with Crippen molar-refractivity contribution in [2.45, 2.75) is 13.5 Å². The highest BCUT2D eigenvalue weighted by atomic mass is 32.1. The van der Waals surface area contributed by atoms with E-state index in [-0.39, 0.29) is 11.7 Å². The van der Waals surface area contributed by atoms with Crippen molar-refractivity contribution in [3.8, 4) is 0 Å². The number of nitrogens with zero attached hydrogens (tertiary/aromatic N) is 2. The van der Waals surface area contributed by atoms with E-state index in [9.17, 15) is 4.79 Å². The molecule has 0 atom stereocenters. The molecular weight excluding hydrogens is 272 g/mol. The van der Waals surface area contributed by atoms with Crippen LogP contribution in [0.5, 0.6) is 0 Å². The first-order chi connectivity index (χ1) is 9.67. The molecule has 1 aromatic heterocycles. The number of anilines is 2. The van der Waals surface area contributed by atoms with Crippen molar-refractivity contribution in [2.24, 2.45) is 0 Å². The third kappa shape index (κ3) is 2.91. The Morgan fingerprint density at radius 3 is 2.70 bits per heavy atom. The molecule has 3 N–H and O–H groups in total. The van der Waals surface area contributed by atoms with Crippen LogP contribution in [0.15, 0.2) is 30.3 Å². The largest absolute Gasteiger partial charge is 0.382 e. The molecule has 1 aromatic carbocycles. The van der Waals surface area contributed by atoms with E-state index in [1.165, 1.54) is 17.1 Å². The monoisotopic (exact) mass is 290 g/mol. The SMILES string of the molecule is CCN(Cc1ccccc1)c1snc(N)c1C(=O)NC. The predicted molar refractivity (Wildman–Crippen MR) is 83.1 cm³/mol. The Labute approximate surface area is 122 Å². The lowest BCUT2D eigenvalue weighted by atomic mass is 10.2. The second-order valence-electron chi connectivity index (χ2n) is 4.33. The molecule has 1 amide bonds. The van der Waals surface area contributed by atoms with Crippen molar-refractivity contribution >= 4 is 28.3 Å². The van der Waals surface area contributed by atoms with Crippen molar-refractivity contribution in [3.63, 3.8) is 0 Å². The Kier molecular flexibility index (Phi) is 4.57. The Bertz CT molecular complexity index is 582. The molecule has 0 unspecified atom stereocenters. The maximum absolute atomic E-state index is 11.9. The first-order valence-electron chi connectivity index (χ1n) is 6.43. The van der Waals surface area contributed by atoms with Crippen LogP contribution in [-0.4, -0.2) is 23.9 Å². The van der Waals surface area contributed by atoms with Gasteiger partial charge >= 0.3 is 0 Å². The van der Waals surface area contributed by atoms with E-state index in [0.29, 0.717) is 5.56 Å². The fraction of sp³-hybridized carbons (Fsp3) is 0.286.